The molecule has 1 amide bonds. The van der Waals surface area contributed by atoms with Crippen molar-refractivity contribution >= 4 is 23.2 Å². The number of aryl methyl sites for hydroxylation is 1. The lowest BCUT2D eigenvalue weighted by atomic mass is 10.2. The summed E-state index contributed by atoms with van der Waals surface area (Å²) in [6.07, 6.45) is 3.70. The summed E-state index contributed by atoms with van der Waals surface area (Å²) < 4.78 is 1.78. The van der Waals surface area contributed by atoms with Crippen LogP contribution in [-0.4, -0.2) is 22.2 Å². The van der Waals surface area contributed by atoms with Gasteiger partial charge in [-0.3, -0.25) is 9.48 Å². The number of nitrogen functional groups attached to an aromatic ring is 1. The predicted molar refractivity (Wildman–Crippen MR) is 75.2 cm³/mol. The summed E-state index contributed by atoms with van der Waals surface area (Å²) in [6, 6.07) is 4.79. The number of amides is 1. The van der Waals surface area contributed by atoms with Gasteiger partial charge in [0.25, 0.3) is 5.91 Å². The zero-order valence-electron chi connectivity index (χ0n) is 10.6. The zero-order chi connectivity index (χ0) is 13.8. The third-order valence-electron chi connectivity index (χ3n) is 2.57. The molecule has 6 heteroatoms. The molecule has 0 aliphatic rings. The Kier molecular flexibility index (Phi) is 4.06. The number of nitrogens with zero attached hydrogens (tertiary/aromatic N) is 2. The number of benzene rings is 1. The monoisotopic (exact) mass is 278 g/mol. The van der Waals surface area contributed by atoms with Crippen LogP contribution in [0.2, 0.25) is 5.02 Å². The molecule has 0 fully saturated rings. The van der Waals surface area contributed by atoms with E-state index in [-0.39, 0.29) is 5.91 Å². The first-order valence-electron chi connectivity index (χ1n) is 5.88. The molecule has 1 aromatic heterocycles. The second-order valence-electron chi connectivity index (χ2n) is 4.31. The van der Waals surface area contributed by atoms with E-state index in [1.807, 2.05) is 13.1 Å². The molecule has 0 radical (unpaired) electrons. The van der Waals surface area contributed by atoms with E-state index in [1.54, 1.807) is 29.1 Å². The first-order chi connectivity index (χ1) is 9.04. The van der Waals surface area contributed by atoms with Crippen LogP contribution in [0.4, 0.5) is 5.69 Å². The lowest BCUT2D eigenvalue weighted by Crippen LogP contribution is -2.27. The normalized spacial score (nSPS) is 10.4. The van der Waals surface area contributed by atoms with Crippen molar-refractivity contribution in [2.45, 2.75) is 13.5 Å². The Bertz CT molecular complexity index is 574. The van der Waals surface area contributed by atoms with Crippen molar-refractivity contribution in [1.29, 1.82) is 0 Å². The molecule has 0 aliphatic heterocycles. The van der Waals surface area contributed by atoms with Gasteiger partial charge in [-0.2, -0.15) is 5.10 Å². The molecule has 5 nitrogen and oxygen atoms in total. The number of carbonyl (C=O) groups excluding carboxylic acids is 1. The van der Waals surface area contributed by atoms with Crippen LogP contribution in [0.5, 0.6) is 0 Å². The van der Waals surface area contributed by atoms with E-state index in [4.69, 9.17) is 17.3 Å². The number of halogens is 1. The Balaban J connectivity index is 1.90. The number of rotatable bonds is 4. The summed E-state index contributed by atoms with van der Waals surface area (Å²) in [5.41, 5.74) is 7.67. The van der Waals surface area contributed by atoms with E-state index in [9.17, 15) is 4.79 Å². The van der Waals surface area contributed by atoms with Crippen LogP contribution >= 0.6 is 11.6 Å². The molecule has 1 heterocycles. The largest absolute Gasteiger partial charge is 0.399 e. The van der Waals surface area contributed by atoms with Gasteiger partial charge >= 0.3 is 0 Å². The minimum atomic E-state index is -0.196. The molecular weight excluding hydrogens is 264 g/mol. The van der Waals surface area contributed by atoms with Crippen molar-refractivity contribution in [3.63, 3.8) is 0 Å². The second-order valence-corrected chi connectivity index (χ2v) is 4.75. The van der Waals surface area contributed by atoms with E-state index in [0.717, 1.165) is 5.56 Å². The topological polar surface area (TPSA) is 72.9 Å². The SMILES string of the molecule is Cc1cnn(CCNC(=O)c2cc(N)cc(Cl)c2)c1. The minimum absolute atomic E-state index is 0.196. The molecule has 0 atom stereocenters. The fraction of sp³-hybridized carbons (Fsp3) is 0.231. The first-order valence-corrected chi connectivity index (χ1v) is 6.26. The Morgan fingerprint density at radius 1 is 1.47 bits per heavy atom. The Morgan fingerprint density at radius 2 is 2.26 bits per heavy atom. The summed E-state index contributed by atoms with van der Waals surface area (Å²) in [4.78, 5) is 11.9. The summed E-state index contributed by atoms with van der Waals surface area (Å²) in [7, 11) is 0. The lowest BCUT2D eigenvalue weighted by Gasteiger charge is -2.06. The fourth-order valence-corrected chi connectivity index (χ4v) is 1.96. The van der Waals surface area contributed by atoms with Crippen LogP contribution in [0, 0.1) is 6.92 Å². The van der Waals surface area contributed by atoms with Crippen LogP contribution < -0.4 is 11.1 Å². The highest BCUT2D eigenvalue weighted by Gasteiger charge is 2.07. The van der Waals surface area contributed by atoms with Crippen LogP contribution in [-0.2, 0) is 6.54 Å². The first kappa shape index (κ1) is 13.4. The quantitative estimate of drug-likeness (QED) is 0.839. The molecule has 2 aromatic rings. The van der Waals surface area contributed by atoms with Gasteiger partial charge in [-0.05, 0) is 30.7 Å². The number of hydrogen-bond acceptors (Lipinski definition) is 3. The highest BCUT2D eigenvalue weighted by atomic mass is 35.5. The van der Waals surface area contributed by atoms with Gasteiger partial charge in [-0.25, -0.2) is 0 Å². The zero-order valence-corrected chi connectivity index (χ0v) is 11.3. The van der Waals surface area contributed by atoms with Gasteiger partial charge in [0.2, 0.25) is 0 Å². The van der Waals surface area contributed by atoms with Gasteiger partial charge in [0.1, 0.15) is 0 Å². The molecule has 2 rings (SSSR count). The third-order valence-corrected chi connectivity index (χ3v) is 2.79. The molecule has 0 spiro atoms. The molecule has 1 aromatic carbocycles. The van der Waals surface area contributed by atoms with Crippen molar-refractivity contribution in [3.05, 3.63) is 46.7 Å². The van der Waals surface area contributed by atoms with E-state index in [1.165, 1.54) is 0 Å². The van der Waals surface area contributed by atoms with Gasteiger partial charge in [-0.1, -0.05) is 11.6 Å². The maximum absolute atomic E-state index is 11.9. The van der Waals surface area contributed by atoms with Crippen LogP contribution in [0.15, 0.2) is 30.6 Å². The highest BCUT2D eigenvalue weighted by molar-refractivity contribution is 6.31. The van der Waals surface area contributed by atoms with Gasteiger partial charge in [0.15, 0.2) is 0 Å². The molecule has 100 valence electrons. The van der Waals surface area contributed by atoms with Crippen molar-refractivity contribution in [2.75, 3.05) is 12.3 Å². The molecule has 0 saturated carbocycles. The van der Waals surface area contributed by atoms with Crippen molar-refractivity contribution in [3.8, 4) is 0 Å². The average molecular weight is 279 g/mol. The maximum Gasteiger partial charge on any atom is 0.251 e. The average Bonchev–Trinajstić information content (AvgIpc) is 2.73. The molecule has 0 aliphatic carbocycles. The maximum atomic E-state index is 11.9. The summed E-state index contributed by atoms with van der Waals surface area (Å²) in [5, 5.41) is 7.39. The number of aromatic nitrogens is 2. The number of hydrogen-bond donors (Lipinski definition) is 2. The Hall–Kier alpha value is -2.01. The molecule has 19 heavy (non-hydrogen) atoms. The van der Waals surface area contributed by atoms with Gasteiger partial charge < -0.3 is 11.1 Å². The number of nitrogens with one attached hydrogen (secondary N) is 1. The fourth-order valence-electron chi connectivity index (χ4n) is 1.72. The second kappa shape index (κ2) is 5.75. The standard InChI is InChI=1S/C13H15ClN4O/c1-9-7-17-18(8-9)3-2-16-13(19)10-4-11(14)6-12(15)5-10/h4-8H,2-3,15H2,1H3,(H,16,19). The molecule has 0 bridgehead atoms. The van der Waals surface area contributed by atoms with Gasteiger partial charge in [-0.15, -0.1) is 0 Å². The van der Waals surface area contributed by atoms with Crippen molar-refractivity contribution < 1.29 is 4.79 Å². The molecule has 0 unspecified atom stereocenters. The molecule has 0 saturated heterocycles. The highest BCUT2D eigenvalue weighted by Crippen LogP contribution is 2.16. The molecular formula is C13H15ClN4O. The third kappa shape index (κ3) is 3.72. The van der Waals surface area contributed by atoms with E-state index in [0.29, 0.717) is 29.4 Å². The minimum Gasteiger partial charge on any atom is -0.399 e. The Morgan fingerprint density at radius 3 is 2.89 bits per heavy atom. The van der Waals surface area contributed by atoms with E-state index < -0.39 is 0 Å². The van der Waals surface area contributed by atoms with E-state index >= 15 is 0 Å². The number of nitrogens with two attached hydrogens (primary N) is 1. The lowest BCUT2D eigenvalue weighted by molar-refractivity contribution is 0.0952. The molecule has 3 N–H and O–H groups in total. The predicted octanol–water partition coefficient (Wildman–Crippen LogP) is 1.86. The van der Waals surface area contributed by atoms with Crippen molar-refractivity contribution in [2.24, 2.45) is 0 Å². The summed E-state index contributed by atoms with van der Waals surface area (Å²) in [5.74, 6) is -0.196. The van der Waals surface area contributed by atoms with Gasteiger partial charge in [0.05, 0.1) is 12.7 Å². The summed E-state index contributed by atoms with van der Waals surface area (Å²) >= 11 is 5.85. The van der Waals surface area contributed by atoms with Crippen LogP contribution in [0.3, 0.4) is 0 Å². The smallest absolute Gasteiger partial charge is 0.251 e. The number of anilines is 1. The van der Waals surface area contributed by atoms with Crippen LogP contribution in [0.25, 0.3) is 0 Å². The van der Waals surface area contributed by atoms with Crippen molar-refractivity contribution in [1.82, 2.24) is 15.1 Å². The van der Waals surface area contributed by atoms with Gasteiger partial charge in [0, 0.05) is 29.0 Å². The van der Waals surface area contributed by atoms with Crippen LogP contribution in [0.1, 0.15) is 15.9 Å². The Labute approximate surface area is 116 Å². The van der Waals surface area contributed by atoms with E-state index in [2.05, 4.69) is 10.4 Å². The summed E-state index contributed by atoms with van der Waals surface area (Å²) in [6.45, 7) is 3.08. The number of carbonyl (C=O) groups is 1.